The van der Waals surface area contributed by atoms with Crippen LogP contribution in [-0.2, 0) is 20.7 Å². The zero-order chi connectivity index (χ0) is 29.6. The number of hydrogen-bond donors (Lipinski definition) is 3. The number of carboxylic acid groups (broad SMARTS) is 1. The SMILES string of the molecule is CCOC(=O)Cc1csc(NC(=O)C(CC)Sc2cccc(NC(=O)c3c(Cl)c(Cl)c(Cl)c(Cl)c3C(=O)O)c2)n1. The third kappa shape index (κ3) is 7.80. The number of amides is 2. The number of thioether (sulfide) groups is 1. The van der Waals surface area contributed by atoms with Crippen molar-refractivity contribution in [1.29, 1.82) is 0 Å². The summed E-state index contributed by atoms with van der Waals surface area (Å²) in [5.41, 5.74) is -0.219. The number of carbonyl (C=O) groups excluding carboxylic acids is 3. The summed E-state index contributed by atoms with van der Waals surface area (Å²) in [5.74, 6) is -3.06. The van der Waals surface area contributed by atoms with E-state index in [-0.39, 0.29) is 34.0 Å². The van der Waals surface area contributed by atoms with Gasteiger partial charge in [-0.1, -0.05) is 59.4 Å². The van der Waals surface area contributed by atoms with Crippen LogP contribution >= 0.6 is 69.5 Å². The van der Waals surface area contributed by atoms with Crippen molar-refractivity contribution in [2.45, 2.75) is 36.8 Å². The van der Waals surface area contributed by atoms with Crippen molar-refractivity contribution in [3.8, 4) is 0 Å². The molecule has 3 aromatic rings. The third-order valence-corrected chi connectivity index (χ3v) is 9.12. The first-order valence-electron chi connectivity index (χ1n) is 11.5. The minimum Gasteiger partial charge on any atom is -0.478 e. The second-order valence-electron chi connectivity index (χ2n) is 7.92. The zero-order valence-electron chi connectivity index (χ0n) is 20.8. The van der Waals surface area contributed by atoms with Crippen molar-refractivity contribution in [3.05, 3.63) is 66.6 Å². The van der Waals surface area contributed by atoms with Crippen LogP contribution in [-0.4, -0.2) is 45.7 Å². The van der Waals surface area contributed by atoms with E-state index in [4.69, 9.17) is 51.1 Å². The molecule has 0 bridgehead atoms. The smallest absolute Gasteiger partial charge is 0.338 e. The standard InChI is InChI=1S/C25H21Cl4N3O6S2/c1-3-14(22(34)32-25-31-12(10-39-25)9-15(33)38-4-2)40-13-7-5-6-11(8-13)30-23(35)16-17(24(36)37)19(27)21(29)20(28)18(16)26/h5-8,10,14H,3-4,9H2,1-2H3,(H,30,35)(H,36,37)(H,31,32,34). The maximum absolute atomic E-state index is 13.1. The fourth-order valence-corrected chi connectivity index (χ4v) is 6.11. The molecule has 1 aromatic heterocycles. The van der Waals surface area contributed by atoms with E-state index in [0.29, 0.717) is 27.8 Å². The highest BCUT2D eigenvalue weighted by Crippen LogP contribution is 2.42. The predicted molar refractivity (Wildman–Crippen MR) is 159 cm³/mol. The maximum Gasteiger partial charge on any atom is 0.338 e. The Kier molecular flexibility index (Phi) is 11.5. The van der Waals surface area contributed by atoms with Gasteiger partial charge in [0.1, 0.15) is 0 Å². The van der Waals surface area contributed by atoms with E-state index in [2.05, 4.69) is 15.6 Å². The second kappa shape index (κ2) is 14.4. The van der Waals surface area contributed by atoms with Gasteiger partial charge in [0.25, 0.3) is 5.91 Å². The maximum atomic E-state index is 13.1. The zero-order valence-corrected chi connectivity index (χ0v) is 25.5. The molecule has 0 aliphatic carbocycles. The highest BCUT2D eigenvalue weighted by Gasteiger charge is 2.29. The van der Waals surface area contributed by atoms with Gasteiger partial charge in [0, 0.05) is 16.0 Å². The lowest BCUT2D eigenvalue weighted by molar-refractivity contribution is -0.142. The molecule has 3 N–H and O–H groups in total. The van der Waals surface area contributed by atoms with Crippen molar-refractivity contribution >= 4 is 104 Å². The quantitative estimate of drug-likeness (QED) is 0.0840. The average Bonchev–Trinajstić information content (AvgIpc) is 3.34. The van der Waals surface area contributed by atoms with Crippen molar-refractivity contribution in [3.63, 3.8) is 0 Å². The Bertz CT molecular complexity index is 1470. The number of thiazole rings is 1. The molecule has 0 radical (unpaired) electrons. The highest BCUT2D eigenvalue weighted by atomic mass is 35.5. The first-order valence-corrected chi connectivity index (χ1v) is 14.8. The van der Waals surface area contributed by atoms with Crippen molar-refractivity contribution < 1.29 is 29.0 Å². The summed E-state index contributed by atoms with van der Waals surface area (Å²) >= 11 is 26.7. The van der Waals surface area contributed by atoms with E-state index in [1.165, 1.54) is 23.1 Å². The predicted octanol–water partition coefficient (Wildman–Crippen LogP) is 7.32. The molecule has 2 aromatic carbocycles. The molecule has 15 heteroatoms. The van der Waals surface area contributed by atoms with Crippen LogP contribution in [0.3, 0.4) is 0 Å². The number of benzene rings is 2. The molecule has 1 heterocycles. The molecule has 2 amide bonds. The van der Waals surface area contributed by atoms with Crippen molar-refractivity contribution in [1.82, 2.24) is 4.98 Å². The minimum atomic E-state index is -1.51. The number of hydrogen-bond acceptors (Lipinski definition) is 8. The molecular formula is C25H21Cl4N3O6S2. The fourth-order valence-electron chi connectivity index (χ4n) is 3.36. The number of ether oxygens (including phenoxy) is 1. The Hall–Kier alpha value is -2.54. The molecule has 1 unspecified atom stereocenters. The van der Waals surface area contributed by atoms with Crippen LogP contribution in [0.25, 0.3) is 0 Å². The molecular weight excluding hydrogens is 644 g/mol. The molecule has 3 rings (SSSR count). The number of rotatable bonds is 11. The summed E-state index contributed by atoms with van der Waals surface area (Å²) < 4.78 is 4.91. The number of aromatic carboxylic acids is 1. The summed E-state index contributed by atoms with van der Waals surface area (Å²) in [6, 6.07) is 6.61. The van der Waals surface area contributed by atoms with Crippen LogP contribution in [0.1, 0.15) is 46.7 Å². The van der Waals surface area contributed by atoms with Crippen molar-refractivity contribution in [2.24, 2.45) is 0 Å². The Balaban J connectivity index is 1.73. The first kappa shape index (κ1) is 32.0. The Morgan fingerprint density at radius 2 is 1.70 bits per heavy atom. The molecule has 0 aliphatic rings. The third-order valence-electron chi connectivity index (χ3n) is 5.15. The van der Waals surface area contributed by atoms with Gasteiger partial charge in [-0.15, -0.1) is 23.1 Å². The van der Waals surface area contributed by atoms with Gasteiger partial charge in [-0.2, -0.15) is 0 Å². The van der Waals surface area contributed by atoms with Crippen LogP contribution < -0.4 is 10.6 Å². The van der Waals surface area contributed by atoms with Gasteiger partial charge in [0.05, 0.1) is 55.2 Å². The van der Waals surface area contributed by atoms with E-state index in [1.54, 1.807) is 36.6 Å². The number of anilines is 2. The lowest BCUT2D eigenvalue weighted by Gasteiger charge is -2.16. The number of aromatic nitrogens is 1. The molecule has 40 heavy (non-hydrogen) atoms. The number of nitrogens with zero attached hydrogens (tertiary/aromatic N) is 1. The summed E-state index contributed by atoms with van der Waals surface area (Å²) in [6.07, 6.45) is 0.492. The summed E-state index contributed by atoms with van der Waals surface area (Å²) in [7, 11) is 0. The average molecular weight is 665 g/mol. The summed E-state index contributed by atoms with van der Waals surface area (Å²) in [5, 5.41) is 15.2. The molecule has 212 valence electrons. The lowest BCUT2D eigenvalue weighted by atomic mass is 10.1. The van der Waals surface area contributed by atoms with Crippen molar-refractivity contribution in [2.75, 3.05) is 17.2 Å². The molecule has 0 fully saturated rings. The molecule has 0 spiro atoms. The molecule has 0 saturated carbocycles. The Morgan fingerprint density at radius 1 is 1.02 bits per heavy atom. The van der Waals surface area contributed by atoms with Crippen LogP contribution in [0.15, 0.2) is 34.5 Å². The largest absolute Gasteiger partial charge is 0.478 e. The van der Waals surface area contributed by atoms with E-state index < -0.39 is 39.2 Å². The molecule has 0 saturated heterocycles. The van der Waals surface area contributed by atoms with E-state index in [1.807, 2.05) is 6.92 Å². The normalized spacial score (nSPS) is 11.6. The first-order chi connectivity index (χ1) is 19.0. The molecule has 9 nitrogen and oxygen atoms in total. The van der Waals surface area contributed by atoms with Crippen LogP contribution in [0.2, 0.25) is 20.1 Å². The van der Waals surface area contributed by atoms with Crippen LogP contribution in [0.5, 0.6) is 0 Å². The lowest BCUT2D eigenvalue weighted by Crippen LogP contribution is -2.24. The van der Waals surface area contributed by atoms with Gasteiger partial charge in [-0.25, -0.2) is 9.78 Å². The number of carbonyl (C=O) groups is 4. The summed E-state index contributed by atoms with van der Waals surface area (Å²) in [6.45, 7) is 3.83. The van der Waals surface area contributed by atoms with Crippen LogP contribution in [0, 0.1) is 0 Å². The summed E-state index contributed by atoms with van der Waals surface area (Å²) in [4.78, 5) is 54.4. The van der Waals surface area contributed by atoms with Crippen LogP contribution in [0.4, 0.5) is 10.8 Å². The molecule has 0 aliphatic heterocycles. The highest BCUT2D eigenvalue weighted by molar-refractivity contribution is 8.00. The molecule has 1 atom stereocenters. The number of esters is 1. The van der Waals surface area contributed by atoms with Gasteiger partial charge in [0.15, 0.2) is 5.13 Å². The van der Waals surface area contributed by atoms with Gasteiger partial charge in [0.2, 0.25) is 5.91 Å². The minimum absolute atomic E-state index is 0.0122. The number of halogens is 4. The van der Waals surface area contributed by atoms with E-state index in [0.717, 1.165) is 0 Å². The Morgan fingerprint density at radius 3 is 2.33 bits per heavy atom. The van der Waals surface area contributed by atoms with E-state index in [9.17, 15) is 24.3 Å². The van der Waals surface area contributed by atoms with Gasteiger partial charge in [-0.3, -0.25) is 14.4 Å². The second-order valence-corrected chi connectivity index (χ2v) is 11.6. The van der Waals surface area contributed by atoms with Gasteiger partial charge >= 0.3 is 11.9 Å². The fraction of sp³-hybridized carbons (Fsp3) is 0.240. The van der Waals surface area contributed by atoms with E-state index >= 15 is 0 Å². The Labute approximate surface area is 257 Å². The monoisotopic (exact) mass is 663 g/mol. The number of nitrogens with one attached hydrogen (secondary N) is 2. The topological polar surface area (TPSA) is 135 Å². The van der Waals surface area contributed by atoms with Gasteiger partial charge in [-0.05, 0) is 31.5 Å². The van der Waals surface area contributed by atoms with Gasteiger partial charge < -0.3 is 20.5 Å². The number of carboxylic acids is 1.